The second-order valence-corrected chi connectivity index (χ2v) is 8.14. The van der Waals surface area contributed by atoms with Gasteiger partial charge in [0.1, 0.15) is 0 Å². The van der Waals surface area contributed by atoms with E-state index >= 15 is 0 Å². The molecule has 27 heavy (non-hydrogen) atoms. The van der Waals surface area contributed by atoms with Gasteiger partial charge in [0.25, 0.3) is 0 Å². The Bertz CT molecular complexity index is 994. The molecule has 0 atom stereocenters. The fourth-order valence-corrected chi connectivity index (χ4v) is 4.20. The lowest BCUT2D eigenvalue weighted by atomic mass is 9.87. The highest BCUT2D eigenvalue weighted by Crippen LogP contribution is 2.41. The van der Waals surface area contributed by atoms with Gasteiger partial charge in [-0.15, -0.1) is 0 Å². The van der Waals surface area contributed by atoms with Crippen molar-refractivity contribution < 1.29 is 0 Å². The van der Waals surface area contributed by atoms with Crippen LogP contribution in [0.2, 0.25) is 10.0 Å². The third-order valence-corrected chi connectivity index (χ3v) is 5.53. The average Bonchev–Trinajstić information content (AvgIpc) is 2.60. The van der Waals surface area contributed by atoms with Crippen molar-refractivity contribution in [2.45, 2.75) is 33.2 Å². The minimum absolute atomic E-state index is 0.0644. The molecule has 2 nitrogen and oxygen atoms in total. The largest absolute Gasteiger partial charge is 0.363 e. The van der Waals surface area contributed by atoms with Gasteiger partial charge in [-0.2, -0.15) is 5.26 Å². The van der Waals surface area contributed by atoms with Gasteiger partial charge in [0, 0.05) is 27.8 Å². The van der Waals surface area contributed by atoms with E-state index in [1.807, 2.05) is 24.3 Å². The first kappa shape index (κ1) is 19.5. The van der Waals surface area contributed by atoms with Crippen molar-refractivity contribution in [2.24, 2.45) is 0 Å². The van der Waals surface area contributed by atoms with Crippen molar-refractivity contribution in [3.8, 4) is 6.07 Å². The first-order valence-corrected chi connectivity index (χ1v) is 9.71. The standard InChI is InChI=1S/C23H22Cl2N2/c1-5-27-22-12-21(25)17(11-20(22)15(2)13-23(27,3)4)9-18(14-26)16-7-6-8-19(24)10-16/h6-13H,5H2,1-4H3/b18-9+. The first-order chi connectivity index (χ1) is 12.8. The Morgan fingerprint density at radius 1 is 1.22 bits per heavy atom. The fourth-order valence-electron chi connectivity index (χ4n) is 3.79. The van der Waals surface area contributed by atoms with Crippen LogP contribution in [-0.2, 0) is 0 Å². The van der Waals surface area contributed by atoms with E-state index in [1.165, 1.54) is 5.57 Å². The van der Waals surface area contributed by atoms with Gasteiger partial charge in [-0.05, 0) is 74.7 Å². The van der Waals surface area contributed by atoms with Crippen LogP contribution >= 0.6 is 23.2 Å². The summed E-state index contributed by atoms with van der Waals surface area (Å²) in [6.45, 7) is 9.57. The van der Waals surface area contributed by atoms with Crippen LogP contribution in [0.5, 0.6) is 0 Å². The molecule has 2 aromatic carbocycles. The molecule has 1 heterocycles. The molecular formula is C23H22Cl2N2. The van der Waals surface area contributed by atoms with E-state index in [0.29, 0.717) is 15.6 Å². The van der Waals surface area contributed by atoms with E-state index in [4.69, 9.17) is 23.2 Å². The van der Waals surface area contributed by atoms with Crippen LogP contribution in [0.15, 0.2) is 42.5 Å². The number of anilines is 1. The maximum atomic E-state index is 9.64. The molecule has 0 bridgehead atoms. The SMILES string of the molecule is CCN1c2cc(Cl)c(/C=C(\C#N)c3cccc(Cl)c3)cc2C(C)=CC1(C)C. The molecule has 0 saturated heterocycles. The second kappa shape index (κ2) is 7.43. The van der Waals surface area contributed by atoms with Crippen LogP contribution < -0.4 is 4.90 Å². The van der Waals surface area contributed by atoms with Gasteiger partial charge in [-0.1, -0.05) is 41.4 Å². The van der Waals surface area contributed by atoms with E-state index in [9.17, 15) is 5.26 Å². The van der Waals surface area contributed by atoms with Crippen LogP contribution in [0, 0.1) is 11.3 Å². The number of halogens is 2. The topological polar surface area (TPSA) is 27.0 Å². The second-order valence-electron chi connectivity index (χ2n) is 7.30. The Morgan fingerprint density at radius 3 is 2.59 bits per heavy atom. The number of benzene rings is 2. The zero-order chi connectivity index (χ0) is 19.8. The van der Waals surface area contributed by atoms with Crippen molar-refractivity contribution in [3.05, 3.63) is 69.2 Å². The fraction of sp³-hybridized carbons (Fsp3) is 0.261. The summed E-state index contributed by atoms with van der Waals surface area (Å²) in [5.74, 6) is 0. The van der Waals surface area contributed by atoms with Crippen molar-refractivity contribution in [1.29, 1.82) is 5.26 Å². The Labute approximate surface area is 171 Å². The summed E-state index contributed by atoms with van der Waals surface area (Å²) < 4.78 is 0. The number of rotatable bonds is 3. The third kappa shape index (κ3) is 3.76. The van der Waals surface area contributed by atoms with Gasteiger partial charge in [0.15, 0.2) is 0 Å². The van der Waals surface area contributed by atoms with E-state index in [0.717, 1.165) is 28.9 Å². The summed E-state index contributed by atoms with van der Waals surface area (Å²) >= 11 is 12.7. The number of allylic oxidation sites excluding steroid dienone is 2. The predicted molar refractivity (Wildman–Crippen MR) is 117 cm³/mol. The Balaban J connectivity index is 2.14. The Morgan fingerprint density at radius 2 is 1.96 bits per heavy atom. The van der Waals surface area contributed by atoms with Crippen LogP contribution in [-0.4, -0.2) is 12.1 Å². The van der Waals surface area contributed by atoms with E-state index in [1.54, 1.807) is 12.1 Å². The molecule has 2 aromatic rings. The average molecular weight is 397 g/mol. The molecule has 0 spiro atoms. The van der Waals surface area contributed by atoms with Crippen molar-refractivity contribution in [2.75, 3.05) is 11.4 Å². The monoisotopic (exact) mass is 396 g/mol. The maximum Gasteiger partial charge on any atom is 0.0998 e. The van der Waals surface area contributed by atoms with Crippen LogP contribution in [0.1, 0.15) is 44.4 Å². The molecular weight excluding hydrogens is 375 g/mol. The molecule has 0 saturated carbocycles. The molecule has 138 valence electrons. The summed E-state index contributed by atoms with van der Waals surface area (Å²) in [5, 5.41) is 10.9. The number of likely N-dealkylation sites (N-methyl/N-ethyl adjacent to an activating group) is 1. The summed E-state index contributed by atoms with van der Waals surface area (Å²) in [4.78, 5) is 2.34. The lowest BCUT2D eigenvalue weighted by Gasteiger charge is -2.43. The molecule has 3 rings (SSSR count). The van der Waals surface area contributed by atoms with Crippen molar-refractivity contribution in [1.82, 2.24) is 0 Å². The number of hydrogen-bond acceptors (Lipinski definition) is 2. The summed E-state index contributed by atoms with van der Waals surface area (Å²) in [7, 11) is 0. The molecule has 4 heteroatoms. The summed E-state index contributed by atoms with van der Waals surface area (Å²) in [6, 6.07) is 13.6. The minimum atomic E-state index is -0.0644. The van der Waals surface area contributed by atoms with Gasteiger partial charge < -0.3 is 4.90 Å². The predicted octanol–water partition coefficient (Wildman–Crippen LogP) is 7.08. The Hall–Kier alpha value is -2.21. The summed E-state index contributed by atoms with van der Waals surface area (Å²) in [6.07, 6.45) is 4.11. The smallest absolute Gasteiger partial charge is 0.0998 e. The molecule has 0 radical (unpaired) electrons. The zero-order valence-electron chi connectivity index (χ0n) is 16.0. The van der Waals surface area contributed by atoms with Crippen LogP contribution in [0.25, 0.3) is 17.2 Å². The normalized spacial score (nSPS) is 15.8. The molecule has 1 aliphatic heterocycles. The van der Waals surface area contributed by atoms with Gasteiger partial charge >= 0.3 is 0 Å². The minimum Gasteiger partial charge on any atom is -0.363 e. The van der Waals surface area contributed by atoms with Crippen molar-refractivity contribution in [3.63, 3.8) is 0 Å². The van der Waals surface area contributed by atoms with Crippen LogP contribution in [0.4, 0.5) is 5.69 Å². The maximum absolute atomic E-state index is 9.64. The van der Waals surface area contributed by atoms with Gasteiger partial charge in [0.05, 0.1) is 17.2 Å². The van der Waals surface area contributed by atoms with Gasteiger partial charge in [-0.25, -0.2) is 0 Å². The van der Waals surface area contributed by atoms with Gasteiger partial charge in [-0.3, -0.25) is 0 Å². The number of hydrogen-bond donors (Lipinski definition) is 0. The highest BCUT2D eigenvalue weighted by molar-refractivity contribution is 6.33. The van der Waals surface area contributed by atoms with Crippen LogP contribution in [0.3, 0.4) is 0 Å². The third-order valence-electron chi connectivity index (χ3n) is 4.97. The zero-order valence-corrected chi connectivity index (χ0v) is 17.5. The Kier molecular flexibility index (Phi) is 5.38. The molecule has 0 unspecified atom stereocenters. The van der Waals surface area contributed by atoms with Gasteiger partial charge in [0.2, 0.25) is 0 Å². The lowest BCUT2D eigenvalue weighted by molar-refractivity contribution is 0.566. The van der Waals surface area contributed by atoms with E-state index < -0.39 is 0 Å². The number of fused-ring (bicyclic) bond motifs is 1. The molecule has 0 aliphatic carbocycles. The van der Waals surface area contributed by atoms with Crippen molar-refractivity contribution >= 4 is 46.1 Å². The quantitative estimate of drug-likeness (QED) is 0.409. The molecule has 1 aliphatic rings. The highest BCUT2D eigenvalue weighted by Gasteiger charge is 2.30. The molecule has 0 fully saturated rings. The van der Waals surface area contributed by atoms with E-state index in [2.05, 4.69) is 50.8 Å². The summed E-state index contributed by atoms with van der Waals surface area (Å²) in [5.41, 5.74) is 5.57. The first-order valence-electron chi connectivity index (χ1n) is 8.95. The van der Waals surface area contributed by atoms with E-state index in [-0.39, 0.29) is 5.54 Å². The number of nitrogens with zero attached hydrogens (tertiary/aromatic N) is 2. The number of nitriles is 1. The highest BCUT2D eigenvalue weighted by atomic mass is 35.5. The molecule has 0 amide bonds. The molecule has 0 aromatic heterocycles. The lowest BCUT2D eigenvalue weighted by Crippen LogP contribution is -2.44. The molecule has 0 N–H and O–H groups in total.